The van der Waals surface area contributed by atoms with Gasteiger partial charge in [-0.1, -0.05) is 6.92 Å². The van der Waals surface area contributed by atoms with Gasteiger partial charge in [-0.25, -0.2) is 0 Å². The zero-order valence-electron chi connectivity index (χ0n) is 8.54. The molecule has 0 radical (unpaired) electrons. The molecule has 1 atom stereocenters. The van der Waals surface area contributed by atoms with Gasteiger partial charge in [0.1, 0.15) is 6.23 Å². The minimum atomic E-state index is 0.0677. The van der Waals surface area contributed by atoms with E-state index in [0.29, 0.717) is 26.2 Å². The standard InChI is InChI=1S/C9H18N2O3/c1-2-8(12)10-3-5-13-6-4-11-9-7-14-9/h9,11H,2-7H2,1H3,(H,10,12). The van der Waals surface area contributed by atoms with Gasteiger partial charge in [0, 0.05) is 19.5 Å². The van der Waals surface area contributed by atoms with Crippen LogP contribution in [0.4, 0.5) is 0 Å². The van der Waals surface area contributed by atoms with Crippen LogP contribution in [0.15, 0.2) is 0 Å². The Labute approximate surface area is 84.1 Å². The second-order valence-electron chi connectivity index (χ2n) is 3.09. The summed E-state index contributed by atoms with van der Waals surface area (Å²) in [4.78, 5) is 10.8. The lowest BCUT2D eigenvalue weighted by Crippen LogP contribution is -2.28. The first kappa shape index (κ1) is 11.4. The van der Waals surface area contributed by atoms with Gasteiger partial charge >= 0.3 is 0 Å². The van der Waals surface area contributed by atoms with E-state index in [1.165, 1.54) is 0 Å². The fourth-order valence-electron chi connectivity index (χ4n) is 0.948. The summed E-state index contributed by atoms with van der Waals surface area (Å²) in [6, 6.07) is 0. The molecule has 0 aromatic heterocycles. The molecule has 2 N–H and O–H groups in total. The van der Waals surface area contributed by atoms with Crippen molar-refractivity contribution in [2.45, 2.75) is 19.6 Å². The van der Waals surface area contributed by atoms with Crippen molar-refractivity contribution >= 4 is 5.91 Å². The van der Waals surface area contributed by atoms with Gasteiger partial charge in [-0.05, 0) is 0 Å². The van der Waals surface area contributed by atoms with Gasteiger partial charge in [0.15, 0.2) is 0 Å². The molecule has 0 aliphatic carbocycles. The van der Waals surface area contributed by atoms with Crippen molar-refractivity contribution in [1.82, 2.24) is 10.6 Å². The molecule has 1 aliphatic heterocycles. The Morgan fingerprint density at radius 1 is 1.50 bits per heavy atom. The number of rotatable bonds is 8. The van der Waals surface area contributed by atoms with E-state index < -0.39 is 0 Å². The molecule has 1 fully saturated rings. The van der Waals surface area contributed by atoms with Gasteiger partial charge in [-0.3, -0.25) is 10.1 Å². The van der Waals surface area contributed by atoms with Gasteiger partial charge in [-0.15, -0.1) is 0 Å². The van der Waals surface area contributed by atoms with Crippen LogP contribution < -0.4 is 10.6 Å². The molecule has 5 heteroatoms. The van der Waals surface area contributed by atoms with Crippen LogP contribution in [0.3, 0.4) is 0 Å². The smallest absolute Gasteiger partial charge is 0.219 e. The number of amides is 1. The second kappa shape index (κ2) is 6.75. The zero-order chi connectivity index (χ0) is 10.2. The molecule has 14 heavy (non-hydrogen) atoms. The topological polar surface area (TPSA) is 62.9 Å². The number of hydrogen-bond acceptors (Lipinski definition) is 4. The van der Waals surface area contributed by atoms with E-state index in [4.69, 9.17) is 9.47 Å². The highest BCUT2D eigenvalue weighted by Crippen LogP contribution is 2.02. The Hall–Kier alpha value is -0.650. The van der Waals surface area contributed by atoms with Gasteiger partial charge < -0.3 is 14.8 Å². The highest BCUT2D eigenvalue weighted by atomic mass is 16.6. The summed E-state index contributed by atoms with van der Waals surface area (Å²) in [7, 11) is 0. The van der Waals surface area contributed by atoms with Crippen molar-refractivity contribution in [2.24, 2.45) is 0 Å². The number of carbonyl (C=O) groups excluding carboxylic acids is 1. The number of hydrogen-bond donors (Lipinski definition) is 2. The lowest BCUT2D eigenvalue weighted by atomic mass is 10.4. The Kier molecular flexibility index (Phi) is 5.51. The molecule has 1 unspecified atom stereocenters. The van der Waals surface area contributed by atoms with Crippen LogP contribution in [-0.4, -0.2) is 45.0 Å². The van der Waals surface area contributed by atoms with Crippen molar-refractivity contribution in [2.75, 3.05) is 32.9 Å². The monoisotopic (exact) mass is 202 g/mol. The van der Waals surface area contributed by atoms with Gasteiger partial charge in [0.05, 0.1) is 19.8 Å². The number of carbonyl (C=O) groups is 1. The first-order valence-corrected chi connectivity index (χ1v) is 5.02. The Balaban J connectivity index is 1.72. The molecule has 1 heterocycles. The first-order chi connectivity index (χ1) is 6.83. The number of nitrogens with one attached hydrogen (secondary N) is 2. The van der Waals surface area contributed by atoms with Crippen LogP contribution in [-0.2, 0) is 14.3 Å². The molecule has 0 aromatic carbocycles. The minimum Gasteiger partial charge on any atom is -0.378 e. The molecule has 1 saturated heterocycles. The average Bonchev–Trinajstić information content (AvgIpc) is 2.99. The van der Waals surface area contributed by atoms with Gasteiger partial charge in [-0.2, -0.15) is 0 Å². The molecule has 1 amide bonds. The molecule has 0 bridgehead atoms. The molecule has 82 valence electrons. The maximum Gasteiger partial charge on any atom is 0.219 e. The number of epoxide rings is 1. The van der Waals surface area contributed by atoms with Crippen molar-refractivity contribution in [3.63, 3.8) is 0 Å². The van der Waals surface area contributed by atoms with E-state index in [2.05, 4.69) is 10.6 Å². The van der Waals surface area contributed by atoms with Crippen molar-refractivity contribution in [1.29, 1.82) is 0 Å². The molecule has 0 aromatic rings. The van der Waals surface area contributed by atoms with Crippen LogP contribution in [0.2, 0.25) is 0 Å². The summed E-state index contributed by atoms with van der Waals surface area (Å²) in [5.41, 5.74) is 0. The Morgan fingerprint density at radius 3 is 2.86 bits per heavy atom. The summed E-state index contributed by atoms with van der Waals surface area (Å²) in [5.74, 6) is 0.0677. The van der Waals surface area contributed by atoms with Gasteiger partial charge in [0.2, 0.25) is 5.91 Å². The predicted molar refractivity (Wildman–Crippen MR) is 51.9 cm³/mol. The van der Waals surface area contributed by atoms with Crippen LogP contribution in [0.25, 0.3) is 0 Å². The van der Waals surface area contributed by atoms with E-state index in [0.717, 1.165) is 13.2 Å². The van der Waals surface area contributed by atoms with E-state index in [1.54, 1.807) is 0 Å². The van der Waals surface area contributed by atoms with Crippen LogP contribution >= 0.6 is 0 Å². The first-order valence-electron chi connectivity index (χ1n) is 5.02. The second-order valence-corrected chi connectivity index (χ2v) is 3.09. The SMILES string of the molecule is CCC(=O)NCCOCCNC1CO1. The Bertz CT molecular complexity index is 171. The average molecular weight is 202 g/mol. The summed E-state index contributed by atoms with van der Waals surface area (Å²) < 4.78 is 10.2. The van der Waals surface area contributed by atoms with E-state index in [-0.39, 0.29) is 12.1 Å². The van der Waals surface area contributed by atoms with Crippen molar-refractivity contribution < 1.29 is 14.3 Å². The summed E-state index contributed by atoms with van der Waals surface area (Å²) >= 11 is 0. The molecule has 0 saturated carbocycles. The van der Waals surface area contributed by atoms with Crippen LogP contribution in [0.1, 0.15) is 13.3 Å². The molecular weight excluding hydrogens is 184 g/mol. The third-order valence-corrected chi connectivity index (χ3v) is 1.84. The lowest BCUT2D eigenvalue weighted by molar-refractivity contribution is -0.121. The van der Waals surface area contributed by atoms with Crippen LogP contribution in [0.5, 0.6) is 0 Å². The maximum atomic E-state index is 10.8. The molecule has 5 nitrogen and oxygen atoms in total. The predicted octanol–water partition coefficient (Wildman–Crippen LogP) is -0.525. The zero-order valence-corrected chi connectivity index (χ0v) is 8.54. The number of ether oxygens (including phenoxy) is 2. The highest BCUT2D eigenvalue weighted by Gasteiger charge is 2.20. The van der Waals surface area contributed by atoms with Crippen LogP contribution in [0, 0.1) is 0 Å². The maximum absolute atomic E-state index is 10.8. The molecular formula is C9H18N2O3. The fraction of sp³-hybridized carbons (Fsp3) is 0.889. The molecule has 1 rings (SSSR count). The normalized spacial score (nSPS) is 19.4. The van der Waals surface area contributed by atoms with E-state index >= 15 is 0 Å². The third kappa shape index (κ3) is 5.90. The fourth-order valence-corrected chi connectivity index (χ4v) is 0.948. The minimum absolute atomic E-state index is 0.0677. The van der Waals surface area contributed by atoms with E-state index in [9.17, 15) is 4.79 Å². The lowest BCUT2D eigenvalue weighted by Gasteiger charge is -2.05. The summed E-state index contributed by atoms with van der Waals surface area (Å²) in [5, 5.41) is 5.87. The Morgan fingerprint density at radius 2 is 2.21 bits per heavy atom. The molecule has 0 spiro atoms. The van der Waals surface area contributed by atoms with E-state index in [1.807, 2.05) is 6.92 Å². The largest absolute Gasteiger partial charge is 0.378 e. The summed E-state index contributed by atoms with van der Waals surface area (Å²) in [6.07, 6.45) is 0.777. The van der Waals surface area contributed by atoms with Gasteiger partial charge in [0.25, 0.3) is 0 Å². The van der Waals surface area contributed by atoms with Crippen molar-refractivity contribution in [3.05, 3.63) is 0 Å². The third-order valence-electron chi connectivity index (χ3n) is 1.84. The quantitative estimate of drug-likeness (QED) is 0.410. The summed E-state index contributed by atoms with van der Waals surface area (Å²) in [6.45, 7) is 5.25. The van der Waals surface area contributed by atoms with Crippen molar-refractivity contribution in [3.8, 4) is 0 Å². The molecule has 1 aliphatic rings. The highest BCUT2D eigenvalue weighted by molar-refractivity contribution is 5.75.